The third-order valence-corrected chi connectivity index (χ3v) is 9.47. The van der Waals surface area contributed by atoms with Crippen molar-refractivity contribution in [2.24, 2.45) is 10.8 Å². The number of hydrogen-bond acceptors (Lipinski definition) is 5. The predicted molar refractivity (Wildman–Crippen MR) is 146 cm³/mol. The lowest BCUT2D eigenvalue weighted by Crippen LogP contribution is -2.48. The lowest BCUT2D eigenvalue weighted by Gasteiger charge is -2.41. The molecule has 0 radical (unpaired) electrons. The Labute approximate surface area is 246 Å². The molecule has 1 atom stereocenters. The number of rotatable bonds is 8. The van der Waals surface area contributed by atoms with E-state index in [0.29, 0.717) is 12.8 Å². The van der Waals surface area contributed by atoms with Gasteiger partial charge in [-0.15, -0.1) is 0 Å². The number of carboxylic acids is 1. The van der Waals surface area contributed by atoms with Gasteiger partial charge in [0.25, 0.3) is 5.91 Å². The number of carbonyl (C=O) groups excluding carboxylic acids is 2. The summed E-state index contributed by atoms with van der Waals surface area (Å²) in [4.78, 5) is 42.3. The highest BCUT2D eigenvalue weighted by atomic mass is 35.5. The number of aromatic nitrogens is 3. The van der Waals surface area contributed by atoms with Crippen LogP contribution in [0.4, 0.5) is 13.2 Å². The number of nitrogens with zero attached hydrogens (tertiary/aromatic N) is 3. The van der Waals surface area contributed by atoms with Gasteiger partial charge >= 0.3 is 12.1 Å². The van der Waals surface area contributed by atoms with E-state index >= 15 is 0 Å². The van der Waals surface area contributed by atoms with Crippen LogP contribution in [-0.2, 0) is 11.0 Å². The maximum atomic E-state index is 14.4. The van der Waals surface area contributed by atoms with Gasteiger partial charge in [-0.1, -0.05) is 49.4 Å². The maximum absolute atomic E-state index is 14.4. The summed E-state index contributed by atoms with van der Waals surface area (Å²) in [5, 5.41) is 16.3. The Morgan fingerprint density at radius 1 is 1.05 bits per heavy atom. The summed E-state index contributed by atoms with van der Waals surface area (Å²) in [7, 11) is 0. The van der Waals surface area contributed by atoms with E-state index < -0.39 is 58.0 Å². The minimum absolute atomic E-state index is 0.0495. The number of carbonyl (C=O) groups is 3. The van der Waals surface area contributed by atoms with Crippen molar-refractivity contribution in [3.05, 3.63) is 45.5 Å². The van der Waals surface area contributed by atoms with E-state index in [1.54, 1.807) is 6.92 Å². The zero-order valence-electron chi connectivity index (χ0n) is 22.9. The Kier molecular flexibility index (Phi) is 9.09. The fourth-order valence-corrected chi connectivity index (χ4v) is 6.74. The monoisotopic (exact) mass is 616 g/mol. The first-order chi connectivity index (χ1) is 19.2. The molecule has 0 aromatic carbocycles. The number of hydrogen-bond donors (Lipinski definition) is 2. The number of Topliss-reactive ketones (excluding diaryl/α,β-unsaturated/α-hetero) is 1. The third kappa shape index (κ3) is 6.56. The van der Waals surface area contributed by atoms with Crippen LogP contribution in [0, 0.1) is 10.8 Å². The predicted octanol–water partition coefficient (Wildman–Crippen LogP) is 7.15. The molecule has 2 N–H and O–H groups in total. The second-order valence-corrected chi connectivity index (χ2v) is 12.6. The van der Waals surface area contributed by atoms with Gasteiger partial charge in [0.2, 0.25) is 0 Å². The Morgan fingerprint density at radius 2 is 1.63 bits per heavy atom. The number of ketones is 1. The van der Waals surface area contributed by atoms with E-state index in [2.05, 4.69) is 15.4 Å². The summed E-state index contributed by atoms with van der Waals surface area (Å²) >= 11 is 12.4. The van der Waals surface area contributed by atoms with Crippen LogP contribution in [0.25, 0.3) is 0 Å². The molecule has 8 nitrogen and oxygen atoms in total. The molecule has 1 unspecified atom stereocenters. The Hall–Kier alpha value is -2.66. The highest BCUT2D eigenvalue weighted by Crippen LogP contribution is 2.44. The largest absolute Gasteiger partial charge is 0.481 e. The molecule has 0 aliphatic heterocycles. The van der Waals surface area contributed by atoms with Crippen molar-refractivity contribution < 1.29 is 32.7 Å². The molecule has 2 fully saturated rings. The van der Waals surface area contributed by atoms with E-state index in [4.69, 9.17) is 23.2 Å². The van der Waals surface area contributed by atoms with Gasteiger partial charge in [0, 0.05) is 24.9 Å². The quantitative estimate of drug-likeness (QED) is 0.304. The Bertz CT molecular complexity index is 1300. The second-order valence-electron chi connectivity index (χ2n) is 11.8. The number of aliphatic carboxylic acids is 1. The van der Waals surface area contributed by atoms with E-state index in [0.717, 1.165) is 30.1 Å². The molecular formula is C28H33Cl2F3N4O4. The van der Waals surface area contributed by atoms with Crippen molar-refractivity contribution >= 4 is 40.9 Å². The molecule has 2 saturated carbocycles. The molecule has 13 heteroatoms. The van der Waals surface area contributed by atoms with E-state index in [1.165, 1.54) is 12.4 Å². The molecule has 2 heterocycles. The first kappa shape index (κ1) is 31.3. The highest BCUT2D eigenvalue weighted by molar-refractivity contribution is 6.39. The Morgan fingerprint density at radius 3 is 2.17 bits per heavy atom. The molecule has 1 amide bonds. The number of amides is 1. The summed E-state index contributed by atoms with van der Waals surface area (Å²) in [6, 6.07) is -1.50. The van der Waals surface area contributed by atoms with E-state index in [9.17, 15) is 32.7 Å². The van der Waals surface area contributed by atoms with Crippen LogP contribution in [0.2, 0.25) is 10.0 Å². The summed E-state index contributed by atoms with van der Waals surface area (Å²) in [5.74, 6) is -2.42. The average molecular weight is 617 g/mol. The standard InChI is InChI=1S/C28H33Cl2F3N4O4/c1-26(8-4-3-5-9-26)21(12-20(38)22-18(29)14-34-15-19(22)30)36-24(39)17-13-35-37(23(17)28(31,32)33)16-6-10-27(2,11-7-16)25(40)41/h13-16,21H,3-12H2,1-2H3,(H,36,39)(H,40,41). The number of halogens is 5. The fourth-order valence-electron chi connectivity index (χ4n) is 6.17. The van der Waals surface area contributed by atoms with Gasteiger partial charge in [0.15, 0.2) is 11.5 Å². The first-order valence-corrected chi connectivity index (χ1v) is 14.4. The van der Waals surface area contributed by atoms with Crippen molar-refractivity contribution in [2.75, 3.05) is 0 Å². The summed E-state index contributed by atoms with van der Waals surface area (Å²) in [6.07, 6.45) is 3.16. The summed E-state index contributed by atoms with van der Waals surface area (Å²) in [6.45, 7) is 3.51. The number of alkyl halides is 3. The fraction of sp³-hybridized carbons (Fsp3) is 0.607. The molecule has 2 aliphatic carbocycles. The number of pyridine rings is 1. The summed E-state index contributed by atoms with van der Waals surface area (Å²) < 4.78 is 44.0. The SMILES string of the molecule is CC1(C(=O)O)CCC(n2ncc(C(=O)NC(CC(=O)c3c(Cl)cncc3Cl)C3(C)CCCCC3)c2C(F)(F)F)CC1. The minimum Gasteiger partial charge on any atom is -0.481 e. The second kappa shape index (κ2) is 11.9. The van der Waals surface area contributed by atoms with Crippen molar-refractivity contribution in [1.82, 2.24) is 20.1 Å². The van der Waals surface area contributed by atoms with Crippen LogP contribution < -0.4 is 5.32 Å². The van der Waals surface area contributed by atoms with Gasteiger partial charge in [-0.25, -0.2) is 0 Å². The maximum Gasteiger partial charge on any atom is 0.433 e. The molecule has 0 saturated heterocycles. The molecular weight excluding hydrogens is 584 g/mol. The lowest BCUT2D eigenvalue weighted by atomic mass is 9.69. The topological polar surface area (TPSA) is 114 Å². The van der Waals surface area contributed by atoms with E-state index in [-0.39, 0.29) is 47.7 Å². The number of carboxylic acid groups (broad SMARTS) is 1. The van der Waals surface area contributed by atoms with Crippen LogP contribution in [0.15, 0.2) is 18.6 Å². The highest BCUT2D eigenvalue weighted by Gasteiger charge is 2.45. The van der Waals surface area contributed by atoms with Crippen molar-refractivity contribution in [1.29, 1.82) is 0 Å². The molecule has 2 aliphatic rings. The van der Waals surface area contributed by atoms with Crippen LogP contribution in [0.1, 0.15) is 111 Å². The summed E-state index contributed by atoms with van der Waals surface area (Å²) in [5.41, 5.74) is -3.33. The van der Waals surface area contributed by atoms with Gasteiger partial charge in [0.05, 0.1) is 38.8 Å². The van der Waals surface area contributed by atoms with Crippen molar-refractivity contribution in [3.8, 4) is 0 Å². The zero-order valence-corrected chi connectivity index (χ0v) is 24.4. The van der Waals surface area contributed by atoms with Crippen LogP contribution >= 0.6 is 23.2 Å². The normalized spacial score (nSPS) is 23.5. The molecule has 0 spiro atoms. The van der Waals surface area contributed by atoms with Crippen LogP contribution in [0.3, 0.4) is 0 Å². The molecule has 0 bridgehead atoms. The minimum atomic E-state index is -4.89. The third-order valence-electron chi connectivity index (χ3n) is 8.89. The van der Waals surface area contributed by atoms with Gasteiger partial charge in [-0.2, -0.15) is 18.3 Å². The zero-order chi connectivity index (χ0) is 30.2. The van der Waals surface area contributed by atoms with Gasteiger partial charge in [-0.3, -0.25) is 24.0 Å². The van der Waals surface area contributed by atoms with Crippen molar-refractivity contribution in [2.45, 2.75) is 96.3 Å². The van der Waals surface area contributed by atoms with Gasteiger partial charge in [0.1, 0.15) is 0 Å². The van der Waals surface area contributed by atoms with Gasteiger partial charge < -0.3 is 10.4 Å². The first-order valence-electron chi connectivity index (χ1n) is 13.7. The molecule has 224 valence electrons. The smallest absolute Gasteiger partial charge is 0.433 e. The lowest BCUT2D eigenvalue weighted by molar-refractivity contribution is -0.152. The molecule has 2 aromatic rings. The Balaban J connectivity index is 1.63. The average Bonchev–Trinajstić information content (AvgIpc) is 3.35. The van der Waals surface area contributed by atoms with E-state index in [1.807, 2.05) is 6.92 Å². The van der Waals surface area contributed by atoms with Crippen LogP contribution in [-0.4, -0.2) is 43.6 Å². The van der Waals surface area contributed by atoms with Crippen molar-refractivity contribution in [3.63, 3.8) is 0 Å². The van der Waals surface area contributed by atoms with Crippen LogP contribution in [0.5, 0.6) is 0 Å². The molecule has 4 rings (SSSR count). The molecule has 2 aromatic heterocycles. The number of nitrogens with one attached hydrogen (secondary N) is 1. The van der Waals surface area contributed by atoms with Gasteiger partial charge in [-0.05, 0) is 50.9 Å². The molecule has 41 heavy (non-hydrogen) atoms.